The maximum atomic E-state index is 13.9. The van der Waals surface area contributed by atoms with E-state index in [0.29, 0.717) is 18.7 Å². The van der Waals surface area contributed by atoms with Crippen LogP contribution in [0.5, 0.6) is 0 Å². The van der Waals surface area contributed by atoms with Gasteiger partial charge in [-0.05, 0) is 32.4 Å². The van der Waals surface area contributed by atoms with Crippen LogP contribution in [0, 0.1) is 28.9 Å². The highest BCUT2D eigenvalue weighted by Crippen LogP contribution is 2.36. The SMILES string of the molecule is CC(C)(C)N1C[C@H](c2ccc(F)cc2F)[C@@H](C#N)C1. The fourth-order valence-corrected chi connectivity index (χ4v) is 2.60. The third-order valence-corrected chi connectivity index (χ3v) is 3.80. The summed E-state index contributed by atoms with van der Waals surface area (Å²) >= 11 is 0. The lowest BCUT2D eigenvalue weighted by Crippen LogP contribution is -2.39. The first kappa shape index (κ1) is 14.0. The maximum absolute atomic E-state index is 13.9. The van der Waals surface area contributed by atoms with E-state index in [9.17, 15) is 14.0 Å². The summed E-state index contributed by atoms with van der Waals surface area (Å²) in [5.41, 5.74) is 0.389. The van der Waals surface area contributed by atoms with Gasteiger partial charge in [-0.3, -0.25) is 4.90 Å². The molecular formula is C15H18F2N2. The Morgan fingerprint density at radius 2 is 1.95 bits per heavy atom. The van der Waals surface area contributed by atoms with Crippen LogP contribution in [0.15, 0.2) is 18.2 Å². The molecular weight excluding hydrogens is 246 g/mol. The van der Waals surface area contributed by atoms with Crippen molar-refractivity contribution in [1.29, 1.82) is 5.26 Å². The zero-order valence-electron chi connectivity index (χ0n) is 11.5. The predicted octanol–water partition coefficient (Wildman–Crippen LogP) is 3.30. The standard InChI is InChI=1S/C15H18F2N2/c1-15(2,3)19-8-10(7-18)13(9-19)12-5-4-11(16)6-14(12)17/h4-6,10,13H,8-9H2,1-3H3/t10-,13-/m0/s1. The Balaban J connectivity index is 2.31. The van der Waals surface area contributed by atoms with Gasteiger partial charge in [-0.15, -0.1) is 0 Å². The largest absolute Gasteiger partial charge is 0.297 e. The van der Waals surface area contributed by atoms with Crippen LogP contribution in [0.25, 0.3) is 0 Å². The number of benzene rings is 1. The first-order valence-corrected chi connectivity index (χ1v) is 6.42. The summed E-state index contributed by atoms with van der Waals surface area (Å²) in [4.78, 5) is 2.17. The minimum atomic E-state index is -0.583. The van der Waals surface area contributed by atoms with Crippen molar-refractivity contribution in [2.24, 2.45) is 5.92 Å². The Hall–Kier alpha value is -1.47. The second-order valence-corrected chi connectivity index (χ2v) is 6.08. The van der Waals surface area contributed by atoms with Crippen molar-refractivity contribution in [3.05, 3.63) is 35.4 Å². The van der Waals surface area contributed by atoms with Crippen molar-refractivity contribution in [2.45, 2.75) is 32.2 Å². The summed E-state index contributed by atoms with van der Waals surface area (Å²) in [6.45, 7) is 7.48. The summed E-state index contributed by atoms with van der Waals surface area (Å²) < 4.78 is 26.8. The van der Waals surface area contributed by atoms with Gasteiger partial charge in [-0.2, -0.15) is 5.26 Å². The second kappa shape index (κ2) is 4.90. The number of rotatable bonds is 1. The second-order valence-electron chi connectivity index (χ2n) is 6.08. The molecule has 2 nitrogen and oxygen atoms in total. The number of likely N-dealkylation sites (tertiary alicyclic amines) is 1. The van der Waals surface area contributed by atoms with Crippen LogP contribution in [0.4, 0.5) is 8.78 Å². The molecule has 2 rings (SSSR count). The molecule has 102 valence electrons. The lowest BCUT2D eigenvalue weighted by Gasteiger charge is -2.31. The molecule has 0 bridgehead atoms. The topological polar surface area (TPSA) is 27.0 Å². The van der Waals surface area contributed by atoms with Crippen molar-refractivity contribution < 1.29 is 8.78 Å². The number of hydrogen-bond acceptors (Lipinski definition) is 2. The van der Waals surface area contributed by atoms with E-state index in [2.05, 4.69) is 31.7 Å². The first-order valence-electron chi connectivity index (χ1n) is 6.42. The van der Waals surface area contributed by atoms with E-state index in [0.717, 1.165) is 6.07 Å². The monoisotopic (exact) mass is 264 g/mol. The molecule has 1 aromatic rings. The quantitative estimate of drug-likeness (QED) is 0.778. The van der Waals surface area contributed by atoms with Crippen molar-refractivity contribution in [3.8, 4) is 6.07 Å². The van der Waals surface area contributed by atoms with Crippen LogP contribution >= 0.6 is 0 Å². The molecule has 0 unspecified atom stereocenters. The van der Waals surface area contributed by atoms with Gasteiger partial charge in [0.2, 0.25) is 0 Å². The molecule has 1 heterocycles. The number of nitriles is 1. The normalized spacial score (nSPS) is 24.4. The lowest BCUT2D eigenvalue weighted by molar-refractivity contribution is 0.170. The summed E-state index contributed by atoms with van der Waals surface area (Å²) in [6, 6.07) is 5.87. The molecule has 0 aliphatic carbocycles. The molecule has 1 fully saturated rings. The molecule has 1 saturated heterocycles. The van der Waals surface area contributed by atoms with Gasteiger partial charge in [-0.25, -0.2) is 8.78 Å². The molecule has 0 saturated carbocycles. The first-order chi connectivity index (χ1) is 8.82. The fourth-order valence-electron chi connectivity index (χ4n) is 2.60. The van der Waals surface area contributed by atoms with E-state index in [1.165, 1.54) is 12.1 Å². The molecule has 0 spiro atoms. The number of hydrogen-bond donors (Lipinski definition) is 0. The van der Waals surface area contributed by atoms with Gasteiger partial charge in [0.1, 0.15) is 11.6 Å². The van der Waals surface area contributed by atoms with Gasteiger partial charge in [0.05, 0.1) is 12.0 Å². The van der Waals surface area contributed by atoms with Crippen LogP contribution in [0.1, 0.15) is 32.3 Å². The molecule has 0 radical (unpaired) electrons. The Kier molecular flexibility index (Phi) is 3.60. The predicted molar refractivity (Wildman–Crippen MR) is 69.5 cm³/mol. The molecule has 1 aromatic carbocycles. The van der Waals surface area contributed by atoms with Gasteiger partial charge in [0, 0.05) is 30.6 Å². The number of halogens is 2. The van der Waals surface area contributed by atoms with E-state index in [4.69, 9.17) is 0 Å². The van der Waals surface area contributed by atoms with Gasteiger partial charge in [0.15, 0.2) is 0 Å². The third-order valence-electron chi connectivity index (χ3n) is 3.80. The zero-order valence-corrected chi connectivity index (χ0v) is 11.5. The van der Waals surface area contributed by atoms with Gasteiger partial charge >= 0.3 is 0 Å². The van der Waals surface area contributed by atoms with Crippen LogP contribution in [-0.4, -0.2) is 23.5 Å². The van der Waals surface area contributed by atoms with E-state index in [1.54, 1.807) is 0 Å². The Morgan fingerprint density at radius 3 is 2.47 bits per heavy atom. The van der Waals surface area contributed by atoms with Crippen LogP contribution < -0.4 is 0 Å². The van der Waals surface area contributed by atoms with Crippen molar-refractivity contribution in [1.82, 2.24) is 4.90 Å². The average Bonchev–Trinajstić information content (AvgIpc) is 2.72. The minimum Gasteiger partial charge on any atom is -0.297 e. The molecule has 1 aliphatic rings. The third kappa shape index (κ3) is 2.76. The Morgan fingerprint density at radius 1 is 1.26 bits per heavy atom. The number of nitrogens with zero attached hydrogens (tertiary/aromatic N) is 2. The van der Waals surface area contributed by atoms with E-state index >= 15 is 0 Å². The highest BCUT2D eigenvalue weighted by Gasteiger charge is 2.39. The van der Waals surface area contributed by atoms with Gasteiger partial charge in [-0.1, -0.05) is 6.07 Å². The van der Waals surface area contributed by atoms with E-state index < -0.39 is 11.6 Å². The van der Waals surface area contributed by atoms with Crippen LogP contribution in [-0.2, 0) is 0 Å². The van der Waals surface area contributed by atoms with E-state index in [1.807, 2.05) is 0 Å². The summed E-state index contributed by atoms with van der Waals surface area (Å²) in [5, 5.41) is 9.25. The molecule has 0 aromatic heterocycles. The van der Waals surface area contributed by atoms with Crippen molar-refractivity contribution >= 4 is 0 Å². The molecule has 0 amide bonds. The lowest BCUT2D eigenvalue weighted by atomic mass is 9.89. The van der Waals surface area contributed by atoms with Gasteiger partial charge in [0.25, 0.3) is 0 Å². The Labute approximate surface area is 112 Å². The van der Waals surface area contributed by atoms with Crippen molar-refractivity contribution in [2.75, 3.05) is 13.1 Å². The molecule has 1 aliphatic heterocycles. The summed E-state index contributed by atoms with van der Waals surface area (Å²) in [6.07, 6.45) is 0. The van der Waals surface area contributed by atoms with Crippen LogP contribution in [0.2, 0.25) is 0 Å². The zero-order chi connectivity index (χ0) is 14.2. The van der Waals surface area contributed by atoms with Crippen LogP contribution in [0.3, 0.4) is 0 Å². The minimum absolute atomic E-state index is 0.0552. The Bertz CT molecular complexity index is 514. The maximum Gasteiger partial charge on any atom is 0.129 e. The highest BCUT2D eigenvalue weighted by molar-refractivity contribution is 5.27. The molecule has 4 heteroatoms. The smallest absolute Gasteiger partial charge is 0.129 e. The fraction of sp³-hybridized carbons (Fsp3) is 0.533. The highest BCUT2D eigenvalue weighted by atomic mass is 19.1. The van der Waals surface area contributed by atoms with Crippen molar-refractivity contribution in [3.63, 3.8) is 0 Å². The summed E-state index contributed by atoms with van der Waals surface area (Å²) in [7, 11) is 0. The van der Waals surface area contributed by atoms with Gasteiger partial charge < -0.3 is 0 Å². The molecule has 0 N–H and O–H groups in total. The average molecular weight is 264 g/mol. The summed E-state index contributed by atoms with van der Waals surface area (Å²) in [5.74, 6) is -1.58. The molecule has 2 atom stereocenters. The van der Waals surface area contributed by atoms with E-state index in [-0.39, 0.29) is 17.4 Å². The molecule has 19 heavy (non-hydrogen) atoms.